The lowest BCUT2D eigenvalue weighted by molar-refractivity contribution is 0.0606. The van der Waals surface area contributed by atoms with Crippen molar-refractivity contribution in [3.05, 3.63) is 52.1 Å². The molecule has 0 bridgehead atoms. The highest BCUT2D eigenvalue weighted by molar-refractivity contribution is 6.30. The third kappa shape index (κ3) is 3.38. The molecule has 1 atom stereocenters. The summed E-state index contributed by atoms with van der Waals surface area (Å²) in [5, 5.41) is 15.3. The van der Waals surface area contributed by atoms with Crippen LogP contribution in [-0.2, 0) is 19.9 Å². The molecule has 20 heavy (non-hydrogen) atoms. The fourth-order valence-corrected chi connectivity index (χ4v) is 2.65. The highest BCUT2D eigenvalue weighted by atomic mass is 35.5. The van der Waals surface area contributed by atoms with E-state index in [1.165, 1.54) is 12.1 Å². The first kappa shape index (κ1) is 15.0. The minimum absolute atomic E-state index is 0.297. The predicted molar refractivity (Wildman–Crippen MR) is 77.4 cm³/mol. The number of benzene rings is 1. The molecular weight excluding hydrogens is 279 g/mol. The van der Waals surface area contributed by atoms with E-state index >= 15 is 0 Å². The molecule has 0 saturated carbocycles. The van der Waals surface area contributed by atoms with Crippen molar-refractivity contribution in [2.24, 2.45) is 7.05 Å². The van der Waals surface area contributed by atoms with Gasteiger partial charge in [-0.15, -0.1) is 0 Å². The molecule has 5 heteroatoms. The summed E-state index contributed by atoms with van der Waals surface area (Å²) in [4.78, 5) is 0. The molecule has 2 aromatic rings. The molecule has 0 spiro atoms. The Morgan fingerprint density at radius 2 is 2.10 bits per heavy atom. The third-order valence-corrected chi connectivity index (χ3v) is 3.77. The van der Waals surface area contributed by atoms with Gasteiger partial charge in [-0.3, -0.25) is 4.68 Å². The van der Waals surface area contributed by atoms with Crippen LogP contribution in [0.1, 0.15) is 23.7 Å². The van der Waals surface area contributed by atoms with Crippen LogP contribution in [0.3, 0.4) is 0 Å². The van der Waals surface area contributed by atoms with E-state index in [2.05, 4.69) is 5.10 Å². The number of hydrogen-bond acceptors (Lipinski definition) is 2. The van der Waals surface area contributed by atoms with Crippen molar-refractivity contribution in [3.63, 3.8) is 0 Å². The van der Waals surface area contributed by atoms with E-state index in [0.29, 0.717) is 18.0 Å². The van der Waals surface area contributed by atoms with Crippen LogP contribution in [0.4, 0.5) is 4.39 Å². The van der Waals surface area contributed by atoms with Crippen LogP contribution in [0.5, 0.6) is 0 Å². The van der Waals surface area contributed by atoms with Gasteiger partial charge in [-0.1, -0.05) is 23.7 Å². The zero-order chi connectivity index (χ0) is 14.9. The molecule has 1 N–H and O–H groups in total. The molecule has 108 valence electrons. The zero-order valence-corrected chi connectivity index (χ0v) is 12.6. The number of halogens is 2. The Bertz CT molecular complexity index is 622. The van der Waals surface area contributed by atoms with Crippen LogP contribution in [0, 0.1) is 12.7 Å². The Morgan fingerprint density at radius 1 is 1.40 bits per heavy atom. The first-order chi connectivity index (χ1) is 9.28. The van der Waals surface area contributed by atoms with Crippen molar-refractivity contribution in [1.29, 1.82) is 0 Å². The lowest BCUT2D eigenvalue weighted by Gasteiger charge is -2.23. The van der Waals surface area contributed by atoms with Crippen LogP contribution in [-0.4, -0.2) is 20.5 Å². The van der Waals surface area contributed by atoms with Gasteiger partial charge < -0.3 is 5.11 Å². The standard InChI is InChI=1S/C15H18ClFN2O/c1-10-13(14(16)19(3)18-10)9-15(2,20)8-11-5-4-6-12(17)7-11/h4-7,20H,8-9H2,1-3H3. The largest absolute Gasteiger partial charge is 0.389 e. The van der Waals surface area contributed by atoms with Crippen molar-refractivity contribution >= 4 is 11.6 Å². The van der Waals surface area contributed by atoms with Crippen molar-refractivity contribution < 1.29 is 9.50 Å². The first-order valence-electron chi connectivity index (χ1n) is 6.43. The molecule has 3 nitrogen and oxygen atoms in total. The van der Waals surface area contributed by atoms with Gasteiger partial charge in [-0.2, -0.15) is 5.10 Å². The Labute approximate surface area is 123 Å². The maximum atomic E-state index is 13.2. The summed E-state index contributed by atoms with van der Waals surface area (Å²) < 4.78 is 14.8. The van der Waals surface area contributed by atoms with Crippen LogP contribution in [0.15, 0.2) is 24.3 Å². The fourth-order valence-electron chi connectivity index (χ4n) is 2.40. The minimum atomic E-state index is -1.01. The maximum absolute atomic E-state index is 13.2. The average molecular weight is 297 g/mol. The Balaban J connectivity index is 2.18. The van der Waals surface area contributed by atoms with E-state index in [1.54, 1.807) is 30.8 Å². The van der Waals surface area contributed by atoms with Gasteiger partial charge in [0.1, 0.15) is 11.0 Å². The summed E-state index contributed by atoms with van der Waals surface area (Å²) in [6, 6.07) is 6.27. The van der Waals surface area contributed by atoms with Gasteiger partial charge in [0.2, 0.25) is 0 Å². The first-order valence-corrected chi connectivity index (χ1v) is 6.81. The van der Waals surface area contributed by atoms with E-state index < -0.39 is 5.60 Å². The van der Waals surface area contributed by atoms with Crippen molar-refractivity contribution in [1.82, 2.24) is 9.78 Å². The molecule has 1 aromatic heterocycles. The van der Waals surface area contributed by atoms with E-state index in [-0.39, 0.29) is 5.82 Å². The van der Waals surface area contributed by atoms with Crippen molar-refractivity contribution in [2.45, 2.75) is 32.3 Å². The molecule has 0 aliphatic carbocycles. The normalized spacial score (nSPS) is 14.3. The molecule has 0 aliphatic heterocycles. The third-order valence-electron chi connectivity index (χ3n) is 3.30. The lowest BCUT2D eigenvalue weighted by atomic mass is 9.90. The number of nitrogens with zero attached hydrogens (tertiary/aromatic N) is 2. The average Bonchev–Trinajstić information content (AvgIpc) is 2.55. The molecule has 0 aliphatic rings. The monoisotopic (exact) mass is 296 g/mol. The summed E-state index contributed by atoms with van der Waals surface area (Å²) in [5.74, 6) is -0.297. The second kappa shape index (κ2) is 5.54. The smallest absolute Gasteiger partial charge is 0.130 e. The van der Waals surface area contributed by atoms with Crippen molar-refractivity contribution in [3.8, 4) is 0 Å². The summed E-state index contributed by atoms with van der Waals surface area (Å²) >= 11 is 6.18. The van der Waals surface area contributed by atoms with Gasteiger partial charge in [-0.25, -0.2) is 4.39 Å². The van der Waals surface area contributed by atoms with Crippen LogP contribution < -0.4 is 0 Å². The molecule has 1 heterocycles. The molecule has 2 rings (SSSR count). The summed E-state index contributed by atoms with van der Waals surface area (Å²) in [6.07, 6.45) is 0.734. The highest BCUT2D eigenvalue weighted by Crippen LogP contribution is 2.26. The summed E-state index contributed by atoms with van der Waals surface area (Å²) in [7, 11) is 1.76. The second-order valence-electron chi connectivity index (χ2n) is 5.46. The van der Waals surface area contributed by atoms with Crippen LogP contribution in [0.25, 0.3) is 0 Å². The van der Waals surface area contributed by atoms with E-state index in [9.17, 15) is 9.50 Å². The minimum Gasteiger partial charge on any atom is -0.389 e. The molecule has 1 unspecified atom stereocenters. The zero-order valence-electron chi connectivity index (χ0n) is 11.8. The summed E-state index contributed by atoms with van der Waals surface area (Å²) in [5.41, 5.74) is 1.38. The topological polar surface area (TPSA) is 38.0 Å². The number of aromatic nitrogens is 2. The summed E-state index contributed by atoms with van der Waals surface area (Å²) in [6.45, 7) is 3.58. The SMILES string of the molecule is Cc1nn(C)c(Cl)c1CC(C)(O)Cc1cccc(F)c1. The molecule has 1 aromatic carbocycles. The lowest BCUT2D eigenvalue weighted by Crippen LogP contribution is -2.30. The van der Waals surface area contributed by atoms with E-state index in [1.807, 2.05) is 6.92 Å². The number of aliphatic hydroxyl groups is 1. The van der Waals surface area contributed by atoms with Gasteiger partial charge in [0.25, 0.3) is 0 Å². The molecular formula is C15H18ClFN2O. The Morgan fingerprint density at radius 3 is 2.65 bits per heavy atom. The van der Waals surface area contributed by atoms with Gasteiger partial charge in [0, 0.05) is 25.5 Å². The van der Waals surface area contributed by atoms with E-state index in [0.717, 1.165) is 16.8 Å². The van der Waals surface area contributed by atoms with Crippen LogP contribution >= 0.6 is 11.6 Å². The number of rotatable bonds is 4. The van der Waals surface area contributed by atoms with Gasteiger partial charge in [-0.05, 0) is 31.5 Å². The Hall–Kier alpha value is -1.39. The number of hydrogen-bond donors (Lipinski definition) is 1. The predicted octanol–water partition coefficient (Wildman–Crippen LogP) is 3.06. The van der Waals surface area contributed by atoms with Gasteiger partial charge in [0.05, 0.1) is 11.3 Å². The Kier molecular flexibility index (Phi) is 4.16. The van der Waals surface area contributed by atoms with Gasteiger partial charge >= 0.3 is 0 Å². The molecule has 0 fully saturated rings. The molecule has 0 radical (unpaired) electrons. The molecule has 0 saturated heterocycles. The van der Waals surface area contributed by atoms with Crippen LogP contribution in [0.2, 0.25) is 5.15 Å². The highest BCUT2D eigenvalue weighted by Gasteiger charge is 2.25. The van der Waals surface area contributed by atoms with Crippen molar-refractivity contribution in [2.75, 3.05) is 0 Å². The van der Waals surface area contributed by atoms with Gasteiger partial charge in [0.15, 0.2) is 0 Å². The molecule has 0 amide bonds. The number of aryl methyl sites for hydroxylation is 2. The maximum Gasteiger partial charge on any atom is 0.130 e. The second-order valence-corrected chi connectivity index (χ2v) is 5.82. The van der Waals surface area contributed by atoms with E-state index in [4.69, 9.17) is 11.6 Å². The quantitative estimate of drug-likeness (QED) is 0.941. The fraction of sp³-hybridized carbons (Fsp3) is 0.400.